The summed E-state index contributed by atoms with van der Waals surface area (Å²) in [5, 5.41) is 0. The minimum atomic E-state index is -4.24. The van der Waals surface area contributed by atoms with Crippen LogP contribution in [0.15, 0.2) is 18.3 Å². The monoisotopic (exact) mass is 266 g/mol. The van der Waals surface area contributed by atoms with Gasteiger partial charge in [-0.3, -0.25) is 0 Å². The van der Waals surface area contributed by atoms with Crippen LogP contribution in [0.2, 0.25) is 0 Å². The van der Waals surface area contributed by atoms with Crippen LogP contribution in [0.4, 0.5) is 19.0 Å². The highest BCUT2D eigenvalue weighted by Gasteiger charge is 2.32. The molecule has 0 N–H and O–H groups in total. The zero-order valence-corrected chi connectivity index (χ0v) is 10.4. The summed E-state index contributed by atoms with van der Waals surface area (Å²) < 4.78 is 37.2. The molecular weight excluding hydrogens is 253 g/mol. The van der Waals surface area contributed by atoms with Crippen molar-refractivity contribution in [3.8, 4) is 0 Å². The zero-order valence-electron chi connectivity index (χ0n) is 9.63. The lowest BCUT2D eigenvalue weighted by atomic mass is 10.2. The molecule has 0 aromatic carbocycles. The van der Waals surface area contributed by atoms with Crippen LogP contribution in [0.3, 0.4) is 0 Å². The molecule has 1 aromatic heterocycles. The van der Waals surface area contributed by atoms with Gasteiger partial charge in [-0.1, -0.05) is 6.07 Å². The molecule has 0 saturated carbocycles. The van der Waals surface area contributed by atoms with Gasteiger partial charge in [-0.05, 0) is 25.5 Å². The first-order valence-corrected chi connectivity index (χ1v) is 5.71. The number of hydrogen-bond donors (Lipinski definition) is 0. The van der Waals surface area contributed by atoms with Gasteiger partial charge in [0.25, 0.3) is 0 Å². The smallest absolute Gasteiger partial charge is 0.345 e. The van der Waals surface area contributed by atoms with E-state index in [2.05, 4.69) is 4.98 Å². The van der Waals surface area contributed by atoms with E-state index in [-0.39, 0.29) is 6.04 Å². The van der Waals surface area contributed by atoms with Crippen LogP contribution < -0.4 is 4.90 Å². The van der Waals surface area contributed by atoms with E-state index in [0.717, 1.165) is 5.56 Å². The molecule has 0 spiro atoms. The first-order valence-electron chi connectivity index (χ1n) is 5.18. The van der Waals surface area contributed by atoms with Gasteiger partial charge in [0.15, 0.2) is 0 Å². The Morgan fingerprint density at radius 1 is 1.35 bits per heavy atom. The topological polar surface area (TPSA) is 16.1 Å². The van der Waals surface area contributed by atoms with Gasteiger partial charge in [-0.15, -0.1) is 11.6 Å². The fraction of sp³-hybridized carbons (Fsp3) is 0.545. The Morgan fingerprint density at radius 3 is 2.35 bits per heavy atom. The van der Waals surface area contributed by atoms with Gasteiger partial charge in [-0.2, -0.15) is 13.2 Å². The maximum absolute atomic E-state index is 12.4. The number of aromatic nitrogens is 1. The maximum Gasteiger partial charge on any atom is 0.405 e. The Labute approximate surface area is 103 Å². The average Bonchev–Trinajstić information content (AvgIpc) is 2.25. The van der Waals surface area contributed by atoms with Crippen LogP contribution in [0.5, 0.6) is 0 Å². The third kappa shape index (κ3) is 4.42. The minimum absolute atomic E-state index is 0.272. The predicted molar refractivity (Wildman–Crippen MR) is 62.3 cm³/mol. The summed E-state index contributed by atoms with van der Waals surface area (Å²) in [5.41, 5.74) is 0.783. The summed E-state index contributed by atoms with van der Waals surface area (Å²) in [6, 6.07) is 2.97. The summed E-state index contributed by atoms with van der Waals surface area (Å²) >= 11 is 5.59. The van der Waals surface area contributed by atoms with Crippen molar-refractivity contribution in [1.29, 1.82) is 0 Å². The molecule has 1 heterocycles. The summed E-state index contributed by atoms with van der Waals surface area (Å²) in [4.78, 5) is 5.20. The van der Waals surface area contributed by atoms with Gasteiger partial charge < -0.3 is 4.90 Å². The molecular formula is C11H14ClF3N2. The van der Waals surface area contributed by atoms with Gasteiger partial charge in [0.1, 0.15) is 12.4 Å². The van der Waals surface area contributed by atoms with Crippen LogP contribution in [0.1, 0.15) is 19.4 Å². The molecule has 0 aliphatic heterocycles. The second-order valence-corrected chi connectivity index (χ2v) is 4.26. The number of rotatable bonds is 4. The molecule has 0 radical (unpaired) electrons. The van der Waals surface area contributed by atoms with Crippen molar-refractivity contribution in [3.63, 3.8) is 0 Å². The van der Waals surface area contributed by atoms with Crippen molar-refractivity contribution in [2.75, 3.05) is 11.4 Å². The van der Waals surface area contributed by atoms with E-state index in [1.54, 1.807) is 26.0 Å². The van der Waals surface area contributed by atoms with Crippen LogP contribution >= 0.6 is 11.6 Å². The number of nitrogens with zero attached hydrogens (tertiary/aromatic N) is 2. The van der Waals surface area contributed by atoms with Gasteiger partial charge in [0.05, 0.1) is 0 Å². The summed E-state index contributed by atoms with van der Waals surface area (Å²) in [6.45, 7) is 2.39. The Morgan fingerprint density at radius 2 is 2.00 bits per heavy atom. The minimum Gasteiger partial charge on any atom is -0.345 e. The second kappa shape index (κ2) is 5.58. The number of alkyl halides is 4. The standard InChI is InChI=1S/C11H14ClF3N2/c1-8(2)17(7-11(13,14)15)10-4-3-9(5-12)6-16-10/h3-4,6,8H,5,7H2,1-2H3. The summed E-state index contributed by atoms with van der Waals surface area (Å²) in [5.74, 6) is 0.611. The molecule has 0 atom stereocenters. The normalized spacial score (nSPS) is 11.9. The highest BCUT2D eigenvalue weighted by Crippen LogP contribution is 2.22. The van der Waals surface area contributed by atoms with Gasteiger partial charge >= 0.3 is 6.18 Å². The number of pyridine rings is 1. The van der Waals surface area contributed by atoms with Crippen molar-refractivity contribution in [3.05, 3.63) is 23.9 Å². The zero-order chi connectivity index (χ0) is 13.1. The number of hydrogen-bond acceptors (Lipinski definition) is 2. The van der Waals surface area contributed by atoms with Crippen LogP contribution in [0, 0.1) is 0 Å². The maximum atomic E-state index is 12.4. The van der Waals surface area contributed by atoms with E-state index in [0.29, 0.717) is 11.7 Å². The van der Waals surface area contributed by atoms with Crippen molar-refractivity contribution in [2.45, 2.75) is 31.9 Å². The molecule has 0 fully saturated rings. The first-order chi connectivity index (χ1) is 7.83. The van der Waals surface area contributed by atoms with Crippen LogP contribution in [-0.2, 0) is 5.88 Å². The van der Waals surface area contributed by atoms with Crippen LogP contribution in [0.25, 0.3) is 0 Å². The SMILES string of the molecule is CC(C)N(CC(F)(F)F)c1ccc(CCl)cn1. The number of halogens is 4. The van der Waals surface area contributed by atoms with Gasteiger partial charge in [0, 0.05) is 18.1 Å². The Bertz CT molecular complexity index is 349. The fourth-order valence-electron chi connectivity index (χ4n) is 1.39. The third-order valence-electron chi connectivity index (χ3n) is 2.23. The lowest BCUT2D eigenvalue weighted by molar-refractivity contribution is -0.120. The van der Waals surface area contributed by atoms with Crippen molar-refractivity contribution in [1.82, 2.24) is 4.98 Å². The molecule has 2 nitrogen and oxygen atoms in total. The highest BCUT2D eigenvalue weighted by atomic mass is 35.5. The van der Waals surface area contributed by atoms with Crippen molar-refractivity contribution in [2.24, 2.45) is 0 Å². The molecule has 0 unspecified atom stereocenters. The molecule has 1 rings (SSSR count). The van der Waals surface area contributed by atoms with E-state index in [4.69, 9.17) is 11.6 Å². The lowest BCUT2D eigenvalue weighted by Gasteiger charge is -2.28. The van der Waals surface area contributed by atoms with Crippen molar-refractivity contribution >= 4 is 17.4 Å². The Kier molecular flexibility index (Phi) is 4.62. The van der Waals surface area contributed by atoms with Gasteiger partial charge in [0.2, 0.25) is 0 Å². The fourth-order valence-corrected chi connectivity index (χ4v) is 1.54. The van der Waals surface area contributed by atoms with Crippen molar-refractivity contribution < 1.29 is 13.2 Å². The van der Waals surface area contributed by atoms with E-state index >= 15 is 0 Å². The van der Waals surface area contributed by atoms with Gasteiger partial charge in [-0.25, -0.2) is 4.98 Å². The summed E-state index contributed by atoms with van der Waals surface area (Å²) in [6.07, 6.45) is -2.74. The molecule has 0 amide bonds. The highest BCUT2D eigenvalue weighted by molar-refractivity contribution is 6.17. The Hall–Kier alpha value is -0.970. The third-order valence-corrected chi connectivity index (χ3v) is 2.54. The molecule has 0 bridgehead atoms. The van der Waals surface area contributed by atoms with E-state index in [1.165, 1.54) is 11.1 Å². The quantitative estimate of drug-likeness (QED) is 0.774. The molecule has 6 heteroatoms. The predicted octanol–water partition coefficient (Wildman–Crippen LogP) is 3.60. The summed E-state index contributed by atoms with van der Waals surface area (Å²) in [7, 11) is 0. The molecule has 0 aliphatic carbocycles. The van der Waals surface area contributed by atoms with E-state index in [1.807, 2.05) is 0 Å². The second-order valence-electron chi connectivity index (χ2n) is 4.00. The molecule has 1 aromatic rings. The molecule has 17 heavy (non-hydrogen) atoms. The Balaban J connectivity index is 2.89. The largest absolute Gasteiger partial charge is 0.405 e. The molecule has 0 saturated heterocycles. The molecule has 0 aliphatic rings. The average molecular weight is 267 g/mol. The molecule has 96 valence electrons. The van der Waals surface area contributed by atoms with E-state index < -0.39 is 12.7 Å². The number of anilines is 1. The first kappa shape index (κ1) is 14.1. The van der Waals surface area contributed by atoms with Crippen LogP contribution in [-0.4, -0.2) is 23.7 Å². The lowest BCUT2D eigenvalue weighted by Crippen LogP contribution is -2.39. The van der Waals surface area contributed by atoms with E-state index in [9.17, 15) is 13.2 Å².